The molecule has 2 aromatic carbocycles. The van der Waals surface area contributed by atoms with E-state index in [-0.39, 0.29) is 13.0 Å². The zero-order chi connectivity index (χ0) is 14.5. The SMILES string of the molecule is NCc1cc(F)cc(Oc2cccc(CC(=O)O)c2)c1. The number of nitrogens with two attached hydrogens (primary N) is 1. The van der Waals surface area contributed by atoms with E-state index in [4.69, 9.17) is 15.6 Å². The van der Waals surface area contributed by atoms with Gasteiger partial charge in [-0.2, -0.15) is 0 Å². The van der Waals surface area contributed by atoms with Gasteiger partial charge in [-0.1, -0.05) is 12.1 Å². The average Bonchev–Trinajstić information content (AvgIpc) is 2.37. The lowest BCUT2D eigenvalue weighted by Gasteiger charge is -2.08. The number of halogens is 1. The summed E-state index contributed by atoms with van der Waals surface area (Å²) in [6, 6.07) is 10.9. The van der Waals surface area contributed by atoms with Crippen molar-refractivity contribution >= 4 is 5.97 Å². The van der Waals surface area contributed by atoms with E-state index in [9.17, 15) is 9.18 Å². The summed E-state index contributed by atoms with van der Waals surface area (Å²) in [6.45, 7) is 0.215. The van der Waals surface area contributed by atoms with Crippen molar-refractivity contribution in [3.05, 3.63) is 59.4 Å². The number of carbonyl (C=O) groups is 1. The summed E-state index contributed by atoms with van der Waals surface area (Å²) >= 11 is 0. The summed E-state index contributed by atoms with van der Waals surface area (Å²) in [6.07, 6.45) is -0.0889. The van der Waals surface area contributed by atoms with Crippen LogP contribution in [0.5, 0.6) is 11.5 Å². The summed E-state index contributed by atoms with van der Waals surface area (Å²) in [5.74, 6) is -0.557. The van der Waals surface area contributed by atoms with Gasteiger partial charge in [-0.05, 0) is 35.4 Å². The van der Waals surface area contributed by atoms with E-state index in [1.807, 2.05) is 0 Å². The molecule has 0 aliphatic rings. The van der Waals surface area contributed by atoms with Crippen molar-refractivity contribution in [2.24, 2.45) is 5.73 Å². The van der Waals surface area contributed by atoms with Gasteiger partial charge < -0.3 is 15.6 Å². The molecule has 5 heteroatoms. The van der Waals surface area contributed by atoms with Crippen molar-refractivity contribution in [3.8, 4) is 11.5 Å². The molecule has 0 saturated heterocycles. The number of carboxylic acids is 1. The highest BCUT2D eigenvalue weighted by molar-refractivity contribution is 5.70. The van der Waals surface area contributed by atoms with Crippen molar-refractivity contribution in [2.45, 2.75) is 13.0 Å². The van der Waals surface area contributed by atoms with Gasteiger partial charge in [0.15, 0.2) is 0 Å². The third-order valence-corrected chi connectivity index (χ3v) is 2.66. The second-order valence-electron chi connectivity index (χ2n) is 4.32. The van der Waals surface area contributed by atoms with Crippen molar-refractivity contribution in [1.82, 2.24) is 0 Å². The molecule has 0 aliphatic carbocycles. The lowest BCUT2D eigenvalue weighted by atomic mass is 10.1. The molecule has 104 valence electrons. The number of aliphatic carboxylic acids is 1. The predicted octanol–water partition coefficient (Wildman–Crippen LogP) is 2.70. The molecule has 0 amide bonds. The Morgan fingerprint density at radius 2 is 1.90 bits per heavy atom. The van der Waals surface area contributed by atoms with Crippen LogP contribution in [0.2, 0.25) is 0 Å². The van der Waals surface area contributed by atoms with Gasteiger partial charge in [0.05, 0.1) is 6.42 Å². The molecule has 0 aromatic heterocycles. The van der Waals surface area contributed by atoms with Crippen molar-refractivity contribution in [2.75, 3.05) is 0 Å². The van der Waals surface area contributed by atoms with Crippen LogP contribution in [0.4, 0.5) is 4.39 Å². The fourth-order valence-electron chi connectivity index (χ4n) is 1.83. The number of rotatable bonds is 5. The quantitative estimate of drug-likeness (QED) is 0.880. The van der Waals surface area contributed by atoms with Crippen molar-refractivity contribution in [3.63, 3.8) is 0 Å². The molecular formula is C15H14FNO3. The Morgan fingerprint density at radius 3 is 2.60 bits per heavy atom. The van der Waals surface area contributed by atoms with Crippen LogP contribution in [0.1, 0.15) is 11.1 Å². The summed E-state index contributed by atoms with van der Waals surface area (Å²) in [7, 11) is 0. The van der Waals surface area contributed by atoms with Crippen molar-refractivity contribution < 1.29 is 19.0 Å². The van der Waals surface area contributed by atoms with E-state index in [0.717, 1.165) is 0 Å². The molecule has 0 heterocycles. The number of benzene rings is 2. The Labute approximate surface area is 115 Å². The standard InChI is InChI=1S/C15H14FNO3/c16-12-4-11(9-17)6-14(8-12)20-13-3-1-2-10(5-13)7-15(18)19/h1-6,8H,7,9,17H2,(H,18,19). The molecule has 0 unspecified atom stereocenters. The van der Waals surface area contributed by atoms with Crippen LogP contribution in [-0.2, 0) is 17.8 Å². The van der Waals surface area contributed by atoms with Gasteiger partial charge in [0, 0.05) is 12.6 Å². The number of hydrogen-bond acceptors (Lipinski definition) is 3. The first kappa shape index (κ1) is 14.0. The fourth-order valence-corrected chi connectivity index (χ4v) is 1.83. The summed E-state index contributed by atoms with van der Waals surface area (Å²) in [4.78, 5) is 10.7. The molecule has 0 fully saturated rings. The van der Waals surface area contributed by atoms with Crippen LogP contribution < -0.4 is 10.5 Å². The van der Waals surface area contributed by atoms with Crippen LogP contribution in [0.25, 0.3) is 0 Å². The maximum absolute atomic E-state index is 13.4. The molecule has 3 N–H and O–H groups in total. The van der Waals surface area contributed by atoms with Crippen LogP contribution in [0.15, 0.2) is 42.5 Å². The van der Waals surface area contributed by atoms with Gasteiger partial charge in [0.25, 0.3) is 0 Å². The zero-order valence-corrected chi connectivity index (χ0v) is 10.7. The Morgan fingerprint density at radius 1 is 1.15 bits per heavy atom. The van der Waals surface area contributed by atoms with Gasteiger partial charge in [-0.3, -0.25) is 4.79 Å². The Balaban J connectivity index is 2.21. The van der Waals surface area contributed by atoms with Crippen LogP contribution >= 0.6 is 0 Å². The highest BCUT2D eigenvalue weighted by atomic mass is 19.1. The van der Waals surface area contributed by atoms with E-state index < -0.39 is 11.8 Å². The van der Waals surface area contributed by atoms with E-state index in [2.05, 4.69) is 0 Å². The predicted molar refractivity (Wildman–Crippen MR) is 72.1 cm³/mol. The van der Waals surface area contributed by atoms with Gasteiger partial charge in [0.2, 0.25) is 0 Å². The fraction of sp³-hybridized carbons (Fsp3) is 0.133. The molecule has 2 rings (SSSR count). The van der Waals surface area contributed by atoms with Crippen molar-refractivity contribution in [1.29, 1.82) is 0 Å². The molecular weight excluding hydrogens is 261 g/mol. The van der Waals surface area contributed by atoms with E-state index >= 15 is 0 Å². The summed E-state index contributed by atoms with van der Waals surface area (Å²) in [5.41, 5.74) is 6.72. The van der Waals surface area contributed by atoms with Crippen LogP contribution in [0, 0.1) is 5.82 Å². The van der Waals surface area contributed by atoms with E-state index in [0.29, 0.717) is 22.6 Å². The minimum Gasteiger partial charge on any atom is -0.481 e. The summed E-state index contributed by atoms with van der Waals surface area (Å²) in [5, 5.41) is 8.75. The zero-order valence-electron chi connectivity index (χ0n) is 10.7. The third kappa shape index (κ3) is 3.80. The first-order chi connectivity index (χ1) is 9.56. The Bertz CT molecular complexity index is 628. The highest BCUT2D eigenvalue weighted by Gasteiger charge is 2.05. The lowest BCUT2D eigenvalue weighted by Crippen LogP contribution is -2.00. The smallest absolute Gasteiger partial charge is 0.307 e. The molecule has 20 heavy (non-hydrogen) atoms. The number of hydrogen-bond donors (Lipinski definition) is 2. The molecule has 0 aliphatic heterocycles. The second kappa shape index (κ2) is 6.16. The average molecular weight is 275 g/mol. The Kier molecular flexibility index (Phi) is 4.32. The maximum atomic E-state index is 13.4. The molecule has 0 bridgehead atoms. The minimum absolute atomic E-state index is 0.0889. The molecule has 0 atom stereocenters. The van der Waals surface area contributed by atoms with Gasteiger partial charge in [0.1, 0.15) is 17.3 Å². The van der Waals surface area contributed by atoms with Crippen LogP contribution in [0.3, 0.4) is 0 Å². The molecule has 2 aromatic rings. The molecule has 0 spiro atoms. The summed E-state index contributed by atoms with van der Waals surface area (Å²) < 4.78 is 18.9. The molecule has 0 saturated carbocycles. The second-order valence-corrected chi connectivity index (χ2v) is 4.32. The maximum Gasteiger partial charge on any atom is 0.307 e. The first-order valence-corrected chi connectivity index (χ1v) is 6.05. The van der Waals surface area contributed by atoms with Crippen LogP contribution in [-0.4, -0.2) is 11.1 Å². The first-order valence-electron chi connectivity index (χ1n) is 6.05. The normalized spacial score (nSPS) is 10.3. The van der Waals surface area contributed by atoms with E-state index in [1.165, 1.54) is 12.1 Å². The largest absolute Gasteiger partial charge is 0.481 e. The topological polar surface area (TPSA) is 72.5 Å². The third-order valence-electron chi connectivity index (χ3n) is 2.66. The van der Waals surface area contributed by atoms with E-state index in [1.54, 1.807) is 30.3 Å². The lowest BCUT2D eigenvalue weighted by molar-refractivity contribution is -0.136. The van der Waals surface area contributed by atoms with Gasteiger partial charge in [-0.15, -0.1) is 0 Å². The minimum atomic E-state index is -0.918. The number of carboxylic acid groups (broad SMARTS) is 1. The number of ether oxygens (including phenoxy) is 1. The monoisotopic (exact) mass is 275 g/mol. The van der Waals surface area contributed by atoms with Gasteiger partial charge in [-0.25, -0.2) is 4.39 Å². The Hall–Kier alpha value is -2.40. The highest BCUT2D eigenvalue weighted by Crippen LogP contribution is 2.24. The molecule has 4 nitrogen and oxygen atoms in total. The van der Waals surface area contributed by atoms with Gasteiger partial charge >= 0.3 is 5.97 Å². The molecule has 0 radical (unpaired) electrons.